The van der Waals surface area contributed by atoms with Crippen molar-refractivity contribution in [2.75, 3.05) is 19.8 Å². The molecule has 3 rings (SSSR count). The van der Waals surface area contributed by atoms with Gasteiger partial charge in [0.2, 0.25) is 0 Å². The number of aliphatic hydroxyl groups is 1. The number of rotatable bonds is 6. The fourth-order valence-electron chi connectivity index (χ4n) is 3.47. The molecular formula is C19H23NO5. The predicted molar refractivity (Wildman–Crippen MR) is 91.4 cm³/mol. The third-order valence-corrected chi connectivity index (χ3v) is 4.61. The number of amides is 1. The summed E-state index contributed by atoms with van der Waals surface area (Å²) in [6.07, 6.45) is 1.77. The lowest BCUT2D eigenvalue weighted by Gasteiger charge is -2.28. The highest BCUT2D eigenvalue weighted by Gasteiger charge is 2.43. The number of carbonyl (C=O) groups excluding carboxylic acids is 2. The number of carbonyl (C=O) groups is 2. The van der Waals surface area contributed by atoms with Gasteiger partial charge in [-0.15, -0.1) is 0 Å². The molecule has 1 aromatic carbocycles. The number of benzene rings is 1. The molecule has 0 radical (unpaired) electrons. The smallest absolute Gasteiger partial charge is 0.290 e. The van der Waals surface area contributed by atoms with Crippen LogP contribution < -0.4 is 4.74 Å². The van der Waals surface area contributed by atoms with Crippen molar-refractivity contribution in [3.8, 4) is 5.75 Å². The lowest BCUT2D eigenvalue weighted by Crippen LogP contribution is -2.37. The van der Waals surface area contributed by atoms with Gasteiger partial charge < -0.3 is 19.5 Å². The molecule has 2 aliphatic rings. The standard InChI is InChI=1S/C19H23NO5/c1-3-24-14-8-6-13(7-9-14)17-16(12(2)21)18(22)19(23)20(17)11-15-5-4-10-25-15/h6-9,15,17,22H,3-5,10-11H2,1-2H3/t15-,17+/m1/s1. The molecule has 25 heavy (non-hydrogen) atoms. The summed E-state index contributed by atoms with van der Waals surface area (Å²) in [6.45, 7) is 4.88. The molecule has 1 aromatic rings. The Morgan fingerprint density at radius 2 is 2.08 bits per heavy atom. The van der Waals surface area contributed by atoms with Crippen LogP contribution in [0.4, 0.5) is 0 Å². The number of hydrogen-bond acceptors (Lipinski definition) is 5. The van der Waals surface area contributed by atoms with Crippen LogP contribution in [-0.2, 0) is 14.3 Å². The molecule has 0 saturated carbocycles. The average Bonchev–Trinajstić information content (AvgIpc) is 3.18. The zero-order valence-electron chi connectivity index (χ0n) is 14.5. The van der Waals surface area contributed by atoms with Gasteiger partial charge >= 0.3 is 0 Å². The van der Waals surface area contributed by atoms with E-state index in [-0.39, 0.29) is 17.5 Å². The van der Waals surface area contributed by atoms with Crippen LogP contribution in [0, 0.1) is 0 Å². The van der Waals surface area contributed by atoms with Gasteiger partial charge in [-0.05, 0) is 44.4 Å². The average molecular weight is 345 g/mol. The summed E-state index contributed by atoms with van der Waals surface area (Å²) in [5, 5.41) is 10.2. The molecule has 2 atom stereocenters. The van der Waals surface area contributed by atoms with Crippen molar-refractivity contribution in [2.24, 2.45) is 0 Å². The summed E-state index contributed by atoms with van der Waals surface area (Å²) in [5.41, 5.74) is 0.913. The zero-order chi connectivity index (χ0) is 18.0. The fraction of sp³-hybridized carbons (Fsp3) is 0.474. The first kappa shape index (κ1) is 17.5. The highest BCUT2D eigenvalue weighted by atomic mass is 16.5. The van der Waals surface area contributed by atoms with Gasteiger partial charge in [-0.25, -0.2) is 0 Å². The molecule has 2 aliphatic heterocycles. The van der Waals surface area contributed by atoms with Crippen LogP contribution in [0.1, 0.15) is 38.3 Å². The summed E-state index contributed by atoms with van der Waals surface area (Å²) in [4.78, 5) is 26.2. The maximum atomic E-state index is 12.5. The molecule has 0 aromatic heterocycles. The highest BCUT2D eigenvalue weighted by molar-refractivity contribution is 6.08. The van der Waals surface area contributed by atoms with Gasteiger partial charge in [-0.2, -0.15) is 0 Å². The third-order valence-electron chi connectivity index (χ3n) is 4.61. The Bertz CT molecular complexity index is 688. The van der Waals surface area contributed by atoms with Crippen LogP contribution in [0.2, 0.25) is 0 Å². The molecule has 0 aliphatic carbocycles. The van der Waals surface area contributed by atoms with Gasteiger partial charge in [-0.3, -0.25) is 9.59 Å². The summed E-state index contributed by atoms with van der Waals surface area (Å²) in [7, 11) is 0. The molecule has 2 heterocycles. The first-order valence-corrected chi connectivity index (χ1v) is 8.62. The van der Waals surface area contributed by atoms with Gasteiger partial charge in [0.15, 0.2) is 11.5 Å². The van der Waals surface area contributed by atoms with E-state index in [9.17, 15) is 14.7 Å². The number of ether oxygens (including phenoxy) is 2. The van der Waals surface area contributed by atoms with Gasteiger partial charge in [0.05, 0.1) is 24.3 Å². The van der Waals surface area contributed by atoms with Crippen molar-refractivity contribution in [2.45, 2.75) is 38.8 Å². The van der Waals surface area contributed by atoms with Crippen molar-refractivity contribution in [3.05, 3.63) is 41.2 Å². The number of nitrogens with zero attached hydrogens (tertiary/aromatic N) is 1. The van der Waals surface area contributed by atoms with Crippen LogP contribution in [0.5, 0.6) is 5.75 Å². The predicted octanol–water partition coefficient (Wildman–Crippen LogP) is 2.55. The minimum Gasteiger partial charge on any atom is -0.503 e. The van der Waals surface area contributed by atoms with E-state index in [1.807, 2.05) is 19.1 Å². The van der Waals surface area contributed by atoms with E-state index in [0.717, 1.165) is 24.2 Å². The Hall–Kier alpha value is -2.34. The van der Waals surface area contributed by atoms with Crippen molar-refractivity contribution in [1.82, 2.24) is 4.90 Å². The van der Waals surface area contributed by atoms with E-state index < -0.39 is 17.7 Å². The van der Waals surface area contributed by atoms with Gasteiger partial charge in [0.25, 0.3) is 5.91 Å². The summed E-state index contributed by atoms with van der Waals surface area (Å²) in [6, 6.07) is 6.67. The normalized spacial score (nSPS) is 23.4. The van der Waals surface area contributed by atoms with Crippen molar-refractivity contribution in [3.63, 3.8) is 0 Å². The lowest BCUT2D eigenvalue weighted by molar-refractivity contribution is -0.131. The van der Waals surface area contributed by atoms with Crippen molar-refractivity contribution in [1.29, 1.82) is 0 Å². The fourth-order valence-corrected chi connectivity index (χ4v) is 3.47. The van der Waals surface area contributed by atoms with Crippen LogP contribution in [0.15, 0.2) is 35.6 Å². The SMILES string of the molecule is CCOc1ccc([C@H]2C(C(C)=O)=C(O)C(=O)N2C[C@H]2CCCO2)cc1. The second-order valence-corrected chi connectivity index (χ2v) is 6.32. The maximum Gasteiger partial charge on any atom is 0.290 e. The Morgan fingerprint density at radius 1 is 1.36 bits per heavy atom. The molecule has 6 heteroatoms. The Kier molecular flexibility index (Phi) is 5.08. The van der Waals surface area contributed by atoms with Crippen LogP contribution >= 0.6 is 0 Å². The Morgan fingerprint density at radius 3 is 2.64 bits per heavy atom. The van der Waals surface area contributed by atoms with Crippen molar-refractivity contribution < 1.29 is 24.2 Å². The molecule has 0 unspecified atom stereocenters. The Balaban J connectivity index is 1.93. The van der Waals surface area contributed by atoms with Crippen molar-refractivity contribution >= 4 is 11.7 Å². The maximum absolute atomic E-state index is 12.5. The van der Waals surface area contributed by atoms with E-state index in [1.165, 1.54) is 11.8 Å². The molecule has 1 fully saturated rings. The Labute approximate surface area is 147 Å². The van der Waals surface area contributed by atoms with E-state index >= 15 is 0 Å². The molecule has 0 spiro atoms. The van der Waals surface area contributed by atoms with E-state index in [1.54, 1.807) is 12.1 Å². The van der Waals surface area contributed by atoms with Crippen LogP contribution in [-0.4, -0.2) is 47.6 Å². The third kappa shape index (κ3) is 3.39. The molecular weight excluding hydrogens is 322 g/mol. The molecule has 1 N–H and O–H groups in total. The minimum absolute atomic E-state index is 0.0618. The number of Topliss-reactive ketones (excluding diaryl/α,β-unsaturated/α-hetero) is 1. The molecule has 6 nitrogen and oxygen atoms in total. The summed E-state index contributed by atoms with van der Waals surface area (Å²) < 4.78 is 11.1. The van der Waals surface area contributed by atoms with Gasteiger partial charge in [0.1, 0.15) is 5.75 Å². The second kappa shape index (κ2) is 7.27. The summed E-state index contributed by atoms with van der Waals surface area (Å²) in [5.74, 6) is -0.553. The minimum atomic E-state index is -0.593. The number of ketones is 1. The second-order valence-electron chi connectivity index (χ2n) is 6.32. The molecule has 1 amide bonds. The van der Waals surface area contributed by atoms with E-state index in [4.69, 9.17) is 9.47 Å². The zero-order valence-corrected chi connectivity index (χ0v) is 14.5. The number of aliphatic hydroxyl groups excluding tert-OH is 1. The van der Waals surface area contributed by atoms with Crippen LogP contribution in [0.25, 0.3) is 0 Å². The van der Waals surface area contributed by atoms with Gasteiger partial charge in [0, 0.05) is 13.2 Å². The topological polar surface area (TPSA) is 76.1 Å². The van der Waals surface area contributed by atoms with Crippen LogP contribution in [0.3, 0.4) is 0 Å². The first-order valence-electron chi connectivity index (χ1n) is 8.62. The van der Waals surface area contributed by atoms with E-state index in [2.05, 4.69) is 0 Å². The summed E-state index contributed by atoms with van der Waals surface area (Å²) >= 11 is 0. The number of hydrogen-bond donors (Lipinski definition) is 1. The quantitative estimate of drug-likeness (QED) is 0.857. The van der Waals surface area contributed by atoms with E-state index in [0.29, 0.717) is 19.8 Å². The highest BCUT2D eigenvalue weighted by Crippen LogP contribution is 2.38. The molecule has 134 valence electrons. The first-order chi connectivity index (χ1) is 12.0. The monoisotopic (exact) mass is 345 g/mol. The largest absolute Gasteiger partial charge is 0.503 e. The molecule has 0 bridgehead atoms. The molecule has 1 saturated heterocycles. The lowest BCUT2D eigenvalue weighted by atomic mass is 9.96. The van der Waals surface area contributed by atoms with Gasteiger partial charge in [-0.1, -0.05) is 12.1 Å².